The predicted octanol–water partition coefficient (Wildman–Crippen LogP) is 2.46. The molecule has 2 aromatic rings. The molecule has 0 aromatic heterocycles. The number of aromatic hydroxyl groups is 1. The number of phenolic OH excluding ortho intramolecular Hbond substituents is 1. The molecule has 0 bridgehead atoms. The highest BCUT2D eigenvalue weighted by Crippen LogP contribution is 2.54. The van der Waals surface area contributed by atoms with Crippen molar-refractivity contribution in [3.05, 3.63) is 67.7 Å². The fraction of sp³-hybridized carbons (Fsp3) is 0.345. The Morgan fingerprint density at radius 3 is 2.25 bits per heavy atom. The van der Waals surface area contributed by atoms with E-state index in [4.69, 9.17) is 5.73 Å². The van der Waals surface area contributed by atoms with Crippen LogP contribution < -0.4 is 10.6 Å². The van der Waals surface area contributed by atoms with Crippen LogP contribution in [0, 0.1) is 15.4 Å². The van der Waals surface area contributed by atoms with Gasteiger partial charge in [0.2, 0.25) is 5.78 Å². The predicted molar refractivity (Wildman–Crippen MR) is 156 cm³/mol. The van der Waals surface area contributed by atoms with E-state index in [-0.39, 0.29) is 29.7 Å². The second kappa shape index (κ2) is 9.60. The van der Waals surface area contributed by atoms with Gasteiger partial charge in [-0.2, -0.15) is 0 Å². The highest BCUT2D eigenvalue weighted by atomic mass is 127. The number of ketones is 2. The summed E-state index contributed by atoms with van der Waals surface area (Å²) < 4.78 is 0.995. The first-order valence-corrected chi connectivity index (χ1v) is 13.8. The fourth-order valence-electron chi connectivity index (χ4n) is 6.55. The summed E-state index contributed by atoms with van der Waals surface area (Å²) in [6, 6.07) is 8.20. The summed E-state index contributed by atoms with van der Waals surface area (Å²) in [5.41, 5.74) is 4.09. The number of carbonyl (C=O) groups is 3. The van der Waals surface area contributed by atoms with Crippen molar-refractivity contribution in [2.45, 2.75) is 24.5 Å². The number of rotatable bonds is 4. The molecule has 0 heterocycles. The number of benzene rings is 2. The number of primary amides is 1. The number of amides is 1. The van der Waals surface area contributed by atoms with Gasteiger partial charge in [0.15, 0.2) is 11.4 Å². The van der Waals surface area contributed by atoms with Crippen LogP contribution in [0.2, 0.25) is 0 Å². The van der Waals surface area contributed by atoms with Gasteiger partial charge in [0, 0.05) is 40.4 Å². The Bertz CT molecular complexity index is 1540. The SMILES string of the molecule is CN(C)c1cc(-c2ccc(I)cc2)c(O)c2c1C[C@H]1C[C@H]3C(N(C)C)C(O)=C(C(N)=O)C(=O)[C@@]3(O)C(O)=C1C2=O. The van der Waals surface area contributed by atoms with Crippen molar-refractivity contribution >= 4 is 45.8 Å². The molecule has 6 N–H and O–H groups in total. The maximum Gasteiger partial charge on any atom is 0.255 e. The Labute approximate surface area is 244 Å². The van der Waals surface area contributed by atoms with Crippen LogP contribution in [-0.4, -0.2) is 82.6 Å². The Hall–Kier alpha value is -3.42. The molecule has 10 nitrogen and oxygen atoms in total. The van der Waals surface area contributed by atoms with Crippen molar-refractivity contribution in [2.24, 2.45) is 17.6 Å². The average Bonchev–Trinajstić information content (AvgIpc) is 2.86. The van der Waals surface area contributed by atoms with Crippen LogP contribution in [0.1, 0.15) is 22.3 Å². The van der Waals surface area contributed by atoms with Crippen LogP contribution in [0.3, 0.4) is 0 Å². The number of anilines is 1. The number of aliphatic hydroxyl groups is 3. The average molecular weight is 659 g/mol. The third kappa shape index (κ3) is 3.85. The van der Waals surface area contributed by atoms with Gasteiger partial charge in [-0.1, -0.05) is 12.1 Å². The summed E-state index contributed by atoms with van der Waals surface area (Å²) in [6.07, 6.45) is 0.265. The van der Waals surface area contributed by atoms with E-state index in [1.54, 1.807) is 14.1 Å². The third-order valence-electron chi connectivity index (χ3n) is 8.34. The van der Waals surface area contributed by atoms with Gasteiger partial charge in [0.1, 0.15) is 22.8 Å². The number of hydrogen-bond donors (Lipinski definition) is 5. The first-order chi connectivity index (χ1) is 18.7. The van der Waals surface area contributed by atoms with E-state index in [0.717, 1.165) is 3.57 Å². The maximum atomic E-state index is 14.1. The number of fused-ring (bicyclic) bond motifs is 3. The van der Waals surface area contributed by atoms with Crippen LogP contribution in [0.25, 0.3) is 11.1 Å². The molecule has 210 valence electrons. The molecule has 0 fully saturated rings. The van der Waals surface area contributed by atoms with E-state index in [0.29, 0.717) is 22.4 Å². The number of hydrogen-bond acceptors (Lipinski definition) is 9. The van der Waals surface area contributed by atoms with Gasteiger partial charge in [-0.15, -0.1) is 0 Å². The number of allylic oxidation sites excluding steroid dienone is 1. The van der Waals surface area contributed by atoms with Crippen LogP contribution in [-0.2, 0) is 16.0 Å². The Kier molecular flexibility index (Phi) is 6.75. The van der Waals surface area contributed by atoms with Crippen molar-refractivity contribution in [1.29, 1.82) is 0 Å². The molecule has 11 heteroatoms. The zero-order valence-corrected chi connectivity index (χ0v) is 24.6. The number of halogens is 1. The van der Waals surface area contributed by atoms with Gasteiger partial charge in [-0.05, 0) is 84.8 Å². The molecular weight excluding hydrogens is 629 g/mol. The lowest BCUT2D eigenvalue weighted by atomic mass is 9.58. The molecule has 40 heavy (non-hydrogen) atoms. The number of nitrogens with zero attached hydrogens (tertiary/aromatic N) is 2. The largest absolute Gasteiger partial charge is 0.510 e. The summed E-state index contributed by atoms with van der Waals surface area (Å²) in [5.74, 6) is -6.66. The lowest BCUT2D eigenvalue weighted by Gasteiger charge is -2.50. The second-order valence-electron chi connectivity index (χ2n) is 11.0. The van der Waals surface area contributed by atoms with Crippen LogP contribution in [0.4, 0.5) is 5.69 Å². The molecular formula is C29H30IN3O7. The van der Waals surface area contributed by atoms with Crippen molar-refractivity contribution in [3.63, 3.8) is 0 Å². The molecule has 0 spiro atoms. The van der Waals surface area contributed by atoms with E-state index in [9.17, 15) is 34.8 Å². The van der Waals surface area contributed by atoms with Crippen LogP contribution in [0.5, 0.6) is 5.75 Å². The number of phenols is 1. The second-order valence-corrected chi connectivity index (χ2v) is 12.3. The number of carbonyl (C=O) groups excluding carboxylic acids is 3. The first kappa shape index (κ1) is 28.1. The lowest BCUT2D eigenvalue weighted by Crippen LogP contribution is -2.63. The number of nitrogens with two attached hydrogens (primary N) is 1. The van der Waals surface area contributed by atoms with E-state index in [1.165, 1.54) is 4.90 Å². The minimum atomic E-state index is -2.67. The summed E-state index contributed by atoms with van der Waals surface area (Å²) in [6.45, 7) is 0. The molecule has 3 aliphatic rings. The molecule has 0 aliphatic heterocycles. The highest BCUT2D eigenvalue weighted by Gasteiger charge is 2.63. The normalized spacial score (nSPS) is 26.0. The zero-order valence-electron chi connectivity index (χ0n) is 22.4. The maximum absolute atomic E-state index is 14.1. The van der Waals surface area contributed by atoms with Crippen molar-refractivity contribution in [1.82, 2.24) is 4.90 Å². The van der Waals surface area contributed by atoms with Crippen LogP contribution >= 0.6 is 22.6 Å². The Morgan fingerprint density at radius 2 is 1.70 bits per heavy atom. The number of Topliss-reactive ketones (excluding diaryl/α,β-unsaturated/α-hetero) is 2. The molecule has 2 aromatic carbocycles. The smallest absolute Gasteiger partial charge is 0.255 e. The van der Waals surface area contributed by atoms with Gasteiger partial charge >= 0.3 is 0 Å². The summed E-state index contributed by atoms with van der Waals surface area (Å²) >= 11 is 2.17. The molecule has 0 saturated heterocycles. The number of aliphatic hydroxyl groups excluding tert-OH is 2. The molecule has 4 atom stereocenters. The molecule has 3 aliphatic carbocycles. The van der Waals surface area contributed by atoms with Gasteiger partial charge in [0.25, 0.3) is 5.91 Å². The van der Waals surface area contributed by atoms with E-state index < -0.39 is 58.0 Å². The summed E-state index contributed by atoms with van der Waals surface area (Å²) in [7, 11) is 6.85. The monoisotopic (exact) mass is 659 g/mol. The Balaban J connectivity index is 1.75. The minimum Gasteiger partial charge on any atom is -0.510 e. The van der Waals surface area contributed by atoms with Crippen molar-refractivity contribution < 1.29 is 34.8 Å². The van der Waals surface area contributed by atoms with Gasteiger partial charge in [0.05, 0.1) is 11.6 Å². The summed E-state index contributed by atoms with van der Waals surface area (Å²) in [4.78, 5) is 43.1. The molecule has 5 rings (SSSR count). The van der Waals surface area contributed by atoms with E-state index >= 15 is 0 Å². The molecule has 0 radical (unpaired) electrons. The topological polar surface area (TPSA) is 165 Å². The summed E-state index contributed by atoms with van der Waals surface area (Å²) in [5, 5.41) is 45.7. The van der Waals surface area contributed by atoms with E-state index in [1.807, 2.05) is 49.3 Å². The van der Waals surface area contributed by atoms with Crippen LogP contribution in [0.15, 0.2) is 53.0 Å². The third-order valence-corrected chi connectivity index (χ3v) is 9.06. The Morgan fingerprint density at radius 1 is 1.07 bits per heavy atom. The molecule has 1 unspecified atom stereocenters. The quantitative estimate of drug-likeness (QED) is 0.245. The molecule has 0 saturated carbocycles. The zero-order chi connectivity index (χ0) is 29.4. The van der Waals surface area contributed by atoms with Gasteiger partial charge in [-0.25, -0.2) is 0 Å². The highest BCUT2D eigenvalue weighted by molar-refractivity contribution is 14.1. The fourth-order valence-corrected chi connectivity index (χ4v) is 6.91. The van der Waals surface area contributed by atoms with Gasteiger partial charge in [-0.3, -0.25) is 19.3 Å². The lowest BCUT2D eigenvalue weighted by molar-refractivity contribution is -0.148. The van der Waals surface area contributed by atoms with Gasteiger partial charge < -0.3 is 31.1 Å². The van der Waals surface area contributed by atoms with Crippen molar-refractivity contribution in [3.8, 4) is 16.9 Å². The molecule has 1 amide bonds. The van der Waals surface area contributed by atoms with E-state index in [2.05, 4.69) is 22.6 Å². The minimum absolute atomic E-state index is 0.0134. The first-order valence-electron chi connectivity index (χ1n) is 12.7. The standard InChI is InChI=1S/C29H30IN3O7/c1-32(2)18-11-15(12-5-7-14(30)8-6-12)23(34)20-16(18)9-13-10-17-22(33(3)4)25(36)21(28(31)39)27(38)29(17,40)26(37)19(13)24(20)35/h5-8,11,13,17,22,34,36-37,40H,9-10H2,1-4H3,(H2,31,39)/t13-,17-,22?,29-/m0/s1. The van der Waals surface area contributed by atoms with Crippen molar-refractivity contribution in [2.75, 3.05) is 33.1 Å². The number of likely N-dealkylation sites (N-methyl/N-ethyl adjacent to an activating group) is 1.